The summed E-state index contributed by atoms with van der Waals surface area (Å²) in [5.74, 6) is 0. The Morgan fingerprint density at radius 2 is 2.31 bits per heavy atom. The van der Waals surface area contributed by atoms with Crippen LogP contribution in [-0.2, 0) is 17.1 Å². The Morgan fingerprint density at radius 3 is 2.75 bits per heavy atom. The number of nitrogens with one attached hydrogen (secondary N) is 1. The highest BCUT2D eigenvalue weighted by Gasteiger charge is 2.19. The minimum Gasteiger partial charge on any atom is -0.392 e. The average molecular weight is 248 g/mol. The van der Waals surface area contributed by atoms with Crippen molar-refractivity contribution in [3.05, 3.63) is 12.5 Å². The highest BCUT2D eigenvalue weighted by atomic mass is 32.2. The fourth-order valence-electron chi connectivity index (χ4n) is 0.978. The number of nitrogens with two attached hydrogens (primary N) is 1. The Hall–Kier alpha value is -0.960. The summed E-state index contributed by atoms with van der Waals surface area (Å²) in [5.41, 5.74) is 5.50. The molecule has 0 bridgehead atoms. The van der Waals surface area contributed by atoms with E-state index >= 15 is 0 Å². The van der Waals surface area contributed by atoms with E-state index in [2.05, 4.69) is 9.71 Å². The molecule has 4 N–H and O–H groups in total. The summed E-state index contributed by atoms with van der Waals surface area (Å²) in [7, 11) is -1.97. The second kappa shape index (κ2) is 4.91. The molecule has 0 fully saturated rings. The van der Waals surface area contributed by atoms with Crippen molar-refractivity contribution in [1.82, 2.24) is 14.3 Å². The maximum absolute atomic E-state index is 11.6. The summed E-state index contributed by atoms with van der Waals surface area (Å²) in [6.07, 6.45) is 2.01. The van der Waals surface area contributed by atoms with Gasteiger partial charge in [-0.05, 0) is 6.92 Å². The van der Waals surface area contributed by atoms with Gasteiger partial charge in [0.15, 0.2) is 5.03 Å². The van der Waals surface area contributed by atoms with Gasteiger partial charge in [-0.1, -0.05) is 0 Å². The molecule has 2 unspecified atom stereocenters. The normalized spacial score (nSPS) is 16.0. The van der Waals surface area contributed by atoms with Gasteiger partial charge in [-0.25, -0.2) is 18.1 Å². The molecule has 0 aliphatic carbocycles. The highest BCUT2D eigenvalue weighted by molar-refractivity contribution is 7.89. The van der Waals surface area contributed by atoms with Crippen molar-refractivity contribution in [2.75, 3.05) is 6.54 Å². The Labute approximate surface area is 94.3 Å². The van der Waals surface area contributed by atoms with E-state index in [9.17, 15) is 8.42 Å². The average Bonchev–Trinajstić information content (AvgIpc) is 2.61. The lowest BCUT2D eigenvalue weighted by atomic mass is 10.2. The van der Waals surface area contributed by atoms with Gasteiger partial charge in [0.2, 0.25) is 0 Å². The first kappa shape index (κ1) is 13.1. The minimum absolute atomic E-state index is 0.0312. The predicted octanol–water partition coefficient (Wildman–Crippen LogP) is -1.59. The molecule has 16 heavy (non-hydrogen) atoms. The number of rotatable bonds is 5. The molecule has 92 valence electrons. The molecule has 1 heterocycles. The van der Waals surface area contributed by atoms with E-state index in [4.69, 9.17) is 10.8 Å². The monoisotopic (exact) mass is 248 g/mol. The molecule has 0 aromatic carbocycles. The molecular weight excluding hydrogens is 232 g/mol. The third-order valence-electron chi connectivity index (χ3n) is 2.09. The molecule has 1 aromatic heterocycles. The molecule has 0 amide bonds. The first-order valence-electron chi connectivity index (χ1n) is 4.74. The molecule has 0 saturated carbocycles. The van der Waals surface area contributed by atoms with Gasteiger partial charge in [-0.15, -0.1) is 0 Å². The van der Waals surface area contributed by atoms with Gasteiger partial charge >= 0.3 is 0 Å². The summed E-state index contributed by atoms with van der Waals surface area (Å²) in [6.45, 7) is 1.47. The largest absolute Gasteiger partial charge is 0.392 e. The van der Waals surface area contributed by atoms with Crippen molar-refractivity contribution in [2.24, 2.45) is 12.8 Å². The first-order chi connectivity index (χ1) is 7.33. The van der Waals surface area contributed by atoms with Crippen molar-refractivity contribution >= 4 is 10.0 Å². The van der Waals surface area contributed by atoms with Gasteiger partial charge in [0, 0.05) is 25.8 Å². The van der Waals surface area contributed by atoms with Gasteiger partial charge in [-0.2, -0.15) is 0 Å². The Bertz CT molecular complexity index is 440. The van der Waals surface area contributed by atoms with Gasteiger partial charge < -0.3 is 15.4 Å². The number of aromatic nitrogens is 2. The van der Waals surface area contributed by atoms with Gasteiger partial charge in [-0.3, -0.25) is 0 Å². The predicted molar refractivity (Wildman–Crippen MR) is 58.1 cm³/mol. The number of imidazole rings is 1. The Balaban J connectivity index is 2.67. The Morgan fingerprint density at radius 1 is 1.69 bits per heavy atom. The second-order valence-corrected chi connectivity index (χ2v) is 5.35. The number of aliphatic hydroxyl groups excluding tert-OH is 1. The van der Waals surface area contributed by atoms with Crippen LogP contribution in [0.4, 0.5) is 0 Å². The molecule has 0 aliphatic heterocycles. The van der Waals surface area contributed by atoms with E-state index in [-0.39, 0.29) is 11.6 Å². The van der Waals surface area contributed by atoms with Gasteiger partial charge in [0.05, 0.1) is 12.4 Å². The quantitative estimate of drug-likeness (QED) is 0.581. The molecule has 0 saturated heterocycles. The van der Waals surface area contributed by atoms with E-state index in [0.29, 0.717) is 0 Å². The molecular formula is C8H16N4O3S. The van der Waals surface area contributed by atoms with Crippen LogP contribution >= 0.6 is 0 Å². The third-order valence-corrected chi connectivity index (χ3v) is 3.39. The summed E-state index contributed by atoms with van der Waals surface area (Å²) < 4.78 is 27.1. The number of aliphatic hydroxyl groups is 1. The lowest BCUT2D eigenvalue weighted by Gasteiger charge is -2.14. The van der Waals surface area contributed by atoms with Gasteiger partial charge in [0.25, 0.3) is 10.0 Å². The zero-order chi connectivity index (χ0) is 12.3. The maximum Gasteiger partial charge on any atom is 0.259 e. The van der Waals surface area contributed by atoms with Crippen LogP contribution in [0.5, 0.6) is 0 Å². The van der Waals surface area contributed by atoms with Crippen LogP contribution in [0.2, 0.25) is 0 Å². The van der Waals surface area contributed by atoms with Gasteiger partial charge in [0.1, 0.15) is 0 Å². The first-order valence-corrected chi connectivity index (χ1v) is 6.22. The number of sulfonamides is 1. The standard InChI is InChI=1S/C8H16N4O3S/c1-6(13)7(9)3-11-16(14,15)8-4-12(2)5-10-8/h4-7,11,13H,3,9H2,1-2H3. The van der Waals surface area contributed by atoms with Crippen molar-refractivity contribution in [1.29, 1.82) is 0 Å². The fraction of sp³-hybridized carbons (Fsp3) is 0.625. The van der Waals surface area contributed by atoms with E-state index in [0.717, 1.165) is 0 Å². The fourth-order valence-corrected chi connectivity index (χ4v) is 2.03. The van der Waals surface area contributed by atoms with Crippen LogP contribution < -0.4 is 10.5 Å². The SMILES string of the molecule is CC(O)C(N)CNS(=O)(=O)c1cn(C)cn1. The van der Waals surface area contributed by atoms with Crippen LogP contribution in [0.15, 0.2) is 17.6 Å². The summed E-state index contributed by atoms with van der Waals surface area (Å²) in [4.78, 5) is 3.72. The number of nitrogens with zero attached hydrogens (tertiary/aromatic N) is 2. The molecule has 7 nitrogen and oxygen atoms in total. The van der Waals surface area contributed by atoms with Crippen LogP contribution in [0.1, 0.15) is 6.92 Å². The lowest BCUT2D eigenvalue weighted by Crippen LogP contribution is -2.43. The van der Waals surface area contributed by atoms with E-state index in [1.807, 2.05) is 0 Å². The summed E-state index contributed by atoms with van der Waals surface area (Å²) in [5, 5.41) is 9.05. The van der Waals surface area contributed by atoms with Crippen LogP contribution in [0.3, 0.4) is 0 Å². The minimum atomic E-state index is -3.64. The second-order valence-electron chi connectivity index (χ2n) is 3.63. The zero-order valence-corrected chi connectivity index (χ0v) is 9.98. The molecule has 8 heteroatoms. The van der Waals surface area contributed by atoms with Crippen LogP contribution in [-0.4, -0.2) is 41.8 Å². The molecule has 0 spiro atoms. The molecule has 0 aliphatic rings. The van der Waals surface area contributed by atoms with Crippen molar-refractivity contribution in [2.45, 2.75) is 24.1 Å². The summed E-state index contributed by atoms with van der Waals surface area (Å²) in [6, 6.07) is -0.640. The number of hydrogen-bond acceptors (Lipinski definition) is 5. The van der Waals surface area contributed by atoms with E-state index in [1.165, 1.54) is 24.0 Å². The molecule has 1 aromatic rings. The number of aryl methyl sites for hydroxylation is 1. The molecule has 1 rings (SSSR count). The lowest BCUT2D eigenvalue weighted by molar-refractivity contribution is 0.164. The van der Waals surface area contributed by atoms with E-state index < -0.39 is 22.2 Å². The maximum atomic E-state index is 11.6. The van der Waals surface area contributed by atoms with Crippen LogP contribution in [0.25, 0.3) is 0 Å². The molecule has 2 atom stereocenters. The topological polar surface area (TPSA) is 110 Å². The molecule has 0 radical (unpaired) electrons. The van der Waals surface area contributed by atoms with Crippen molar-refractivity contribution in [3.63, 3.8) is 0 Å². The highest BCUT2D eigenvalue weighted by Crippen LogP contribution is 2.03. The third kappa shape index (κ3) is 3.27. The summed E-state index contributed by atoms with van der Waals surface area (Å²) >= 11 is 0. The van der Waals surface area contributed by atoms with Crippen molar-refractivity contribution in [3.8, 4) is 0 Å². The van der Waals surface area contributed by atoms with Crippen molar-refractivity contribution < 1.29 is 13.5 Å². The Kier molecular flexibility index (Phi) is 4.03. The number of hydrogen-bond donors (Lipinski definition) is 3. The smallest absolute Gasteiger partial charge is 0.259 e. The zero-order valence-electron chi connectivity index (χ0n) is 9.16. The van der Waals surface area contributed by atoms with E-state index in [1.54, 1.807) is 7.05 Å². The van der Waals surface area contributed by atoms with Crippen LogP contribution in [0, 0.1) is 0 Å².